The highest BCUT2D eigenvalue weighted by Crippen LogP contribution is 2.32. The topological polar surface area (TPSA) is 151 Å². The molecule has 0 saturated heterocycles. The van der Waals surface area contributed by atoms with E-state index in [1.807, 2.05) is 0 Å². The molecule has 41 heavy (non-hydrogen) atoms. The van der Waals surface area contributed by atoms with E-state index in [1.54, 1.807) is 45.9 Å². The number of aromatic hydroxyl groups is 1. The van der Waals surface area contributed by atoms with Crippen LogP contribution < -0.4 is 16.4 Å². The molecule has 10 heteroatoms. The number of alkyl carbamates (subject to hydrolysis) is 1. The number of primary amides is 1. The fraction of sp³-hybridized carbons (Fsp3) is 0.677. The Morgan fingerprint density at radius 2 is 1.59 bits per heavy atom. The van der Waals surface area contributed by atoms with Gasteiger partial charge < -0.3 is 31.1 Å². The van der Waals surface area contributed by atoms with E-state index in [9.17, 15) is 24.3 Å². The highest BCUT2D eigenvalue weighted by Gasteiger charge is 2.38. The molecule has 2 unspecified atom stereocenters. The first kappa shape index (κ1) is 35.7. The van der Waals surface area contributed by atoms with Crippen molar-refractivity contribution in [2.75, 3.05) is 13.1 Å². The lowest BCUT2D eigenvalue weighted by Crippen LogP contribution is -2.54. The van der Waals surface area contributed by atoms with Gasteiger partial charge in [0.25, 0.3) is 0 Å². The van der Waals surface area contributed by atoms with Crippen molar-refractivity contribution >= 4 is 23.8 Å². The lowest BCUT2D eigenvalue weighted by atomic mass is 9.98. The summed E-state index contributed by atoms with van der Waals surface area (Å²) in [5.74, 6) is -1.99. The summed E-state index contributed by atoms with van der Waals surface area (Å²) in [6.45, 7) is 11.5. The molecule has 1 aromatic carbocycles. The molecule has 0 heterocycles. The van der Waals surface area contributed by atoms with Gasteiger partial charge in [0, 0.05) is 18.7 Å². The molecule has 0 radical (unpaired) electrons. The second kappa shape index (κ2) is 18.2. The highest BCUT2D eigenvalue weighted by molar-refractivity contribution is 5.94. The SMILES string of the molecule is CCCCCCCCN(C(=O)C(CC(N)=O)NC(=O)OC(C)(C)C)C(C(=O)NCCCCC)c1cccc(C)c1O. The number of hydrogen-bond acceptors (Lipinski definition) is 6. The van der Waals surface area contributed by atoms with Gasteiger partial charge in [-0.25, -0.2) is 4.79 Å². The Morgan fingerprint density at radius 3 is 2.20 bits per heavy atom. The number of nitrogens with one attached hydrogen (secondary N) is 2. The van der Waals surface area contributed by atoms with Crippen LogP contribution >= 0.6 is 0 Å². The van der Waals surface area contributed by atoms with Crippen LogP contribution in [0.4, 0.5) is 4.79 Å². The fourth-order valence-corrected chi connectivity index (χ4v) is 4.52. The number of carbonyl (C=O) groups excluding carboxylic acids is 4. The molecule has 1 aromatic rings. The van der Waals surface area contributed by atoms with Crippen molar-refractivity contribution in [3.63, 3.8) is 0 Å². The van der Waals surface area contributed by atoms with Gasteiger partial charge in [-0.1, -0.05) is 77.0 Å². The van der Waals surface area contributed by atoms with Gasteiger partial charge in [0.15, 0.2) is 0 Å². The van der Waals surface area contributed by atoms with Crippen LogP contribution in [0.5, 0.6) is 5.75 Å². The Hall–Kier alpha value is -3.30. The number of unbranched alkanes of at least 4 members (excludes halogenated alkanes) is 7. The quantitative estimate of drug-likeness (QED) is 0.180. The molecule has 1 rings (SSSR count). The maximum absolute atomic E-state index is 14.1. The van der Waals surface area contributed by atoms with E-state index in [0.29, 0.717) is 18.5 Å². The normalized spacial score (nSPS) is 12.7. The lowest BCUT2D eigenvalue weighted by Gasteiger charge is -2.34. The molecule has 0 aliphatic carbocycles. The zero-order valence-electron chi connectivity index (χ0n) is 25.9. The summed E-state index contributed by atoms with van der Waals surface area (Å²) >= 11 is 0. The second-order valence-corrected chi connectivity index (χ2v) is 11.6. The molecule has 0 aliphatic heterocycles. The second-order valence-electron chi connectivity index (χ2n) is 11.6. The Morgan fingerprint density at radius 1 is 0.976 bits per heavy atom. The Kier molecular flexibility index (Phi) is 15.9. The molecule has 0 aromatic heterocycles. The number of nitrogens with two attached hydrogens (primary N) is 1. The van der Waals surface area contributed by atoms with E-state index in [0.717, 1.165) is 51.4 Å². The average Bonchev–Trinajstić information content (AvgIpc) is 2.88. The number of ether oxygens (including phenoxy) is 1. The molecule has 232 valence electrons. The molecule has 2 atom stereocenters. The number of para-hydroxylation sites is 1. The number of benzene rings is 1. The van der Waals surface area contributed by atoms with Gasteiger partial charge in [0.1, 0.15) is 23.4 Å². The van der Waals surface area contributed by atoms with Crippen LogP contribution in [0.1, 0.15) is 116 Å². The summed E-state index contributed by atoms with van der Waals surface area (Å²) in [7, 11) is 0. The molecule has 5 N–H and O–H groups in total. The lowest BCUT2D eigenvalue weighted by molar-refractivity contribution is -0.143. The van der Waals surface area contributed by atoms with Crippen molar-refractivity contribution in [1.82, 2.24) is 15.5 Å². The van der Waals surface area contributed by atoms with Crippen LogP contribution in [-0.4, -0.2) is 58.6 Å². The molecule has 0 spiro atoms. The number of rotatable bonds is 18. The third-order valence-corrected chi connectivity index (χ3v) is 6.63. The predicted molar refractivity (Wildman–Crippen MR) is 160 cm³/mol. The summed E-state index contributed by atoms with van der Waals surface area (Å²) in [5, 5.41) is 16.4. The Labute approximate surface area is 245 Å². The number of amides is 4. The summed E-state index contributed by atoms with van der Waals surface area (Å²) < 4.78 is 5.33. The van der Waals surface area contributed by atoms with Crippen LogP contribution in [0.2, 0.25) is 0 Å². The maximum atomic E-state index is 14.1. The number of phenols is 1. The highest BCUT2D eigenvalue weighted by atomic mass is 16.6. The van der Waals surface area contributed by atoms with Gasteiger partial charge in [0.05, 0.1) is 6.42 Å². The van der Waals surface area contributed by atoms with Crippen molar-refractivity contribution in [1.29, 1.82) is 0 Å². The summed E-state index contributed by atoms with van der Waals surface area (Å²) in [6.07, 6.45) is 7.00. The van der Waals surface area contributed by atoms with Crippen molar-refractivity contribution in [2.45, 2.75) is 123 Å². The van der Waals surface area contributed by atoms with E-state index < -0.39 is 47.9 Å². The predicted octanol–water partition coefficient (Wildman–Crippen LogP) is 5.01. The van der Waals surface area contributed by atoms with Gasteiger partial charge in [-0.15, -0.1) is 0 Å². The smallest absolute Gasteiger partial charge is 0.408 e. The fourth-order valence-electron chi connectivity index (χ4n) is 4.52. The Balaban J connectivity index is 3.50. The summed E-state index contributed by atoms with van der Waals surface area (Å²) in [6, 6.07) is 2.51. The molecule has 0 aliphatic rings. The first-order chi connectivity index (χ1) is 19.3. The van der Waals surface area contributed by atoms with Crippen LogP contribution in [0.25, 0.3) is 0 Å². The van der Waals surface area contributed by atoms with Crippen LogP contribution in [-0.2, 0) is 19.1 Å². The van der Waals surface area contributed by atoms with E-state index in [-0.39, 0.29) is 17.9 Å². The van der Waals surface area contributed by atoms with E-state index in [2.05, 4.69) is 24.5 Å². The first-order valence-electron chi connectivity index (χ1n) is 15.0. The van der Waals surface area contributed by atoms with E-state index in [4.69, 9.17) is 10.5 Å². The monoisotopic (exact) mass is 576 g/mol. The third kappa shape index (κ3) is 13.3. The number of nitrogens with zero attached hydrogens (tertiary/aromatic N) is 1. The number of phenolic OH excluding ortho intramolecular Hbond substituents is 1. The average molecular weight is 577 g/mol. The van der Waals surface area contributed by atoms with Crippen LogP contribution in [0, 0.1) is 6.92 Å². The number of aryl methyl sites for hydroxylation is 1. The van der Waals surface area contributed by atoms with Gasteiger partial charge in [-0.05, 0) is 46.1 Å². The number of hydrogen-bond donors (Lipinski definition) is 4. The maximum Gasteiger partial charge on any atom is 0.408 e. The molecule has 10 nitrogen and oxygen atoms in total. The van der Waals surface area contributed by atoms with Crippen molar-refractivity contribution in [2.24, 2.45) is 5.73 Å². The zero-order valence-corrected chi connectivity index (χ0v) is 25.9. The van der Waals surface area contributed by atoms with E-state index >= 15 is 0 Å². The van der Waals surface area contributed by atoms with Gasteiger partial charge in [-0.3, -0.25) is 14.4 Å². The molecule has 4 amide bonds. The summed E-state index contributed by atoms with van der Waals surface area (Å²) in [4.78, 5) is 53.8. The summed E-state index contributed by atoms with van der Waals surface area (Å²) in [5.41, 5.74) is 5.46. The van der Waals surface area contributed by atoms with Gasteiger partial charge >= 0.3 is 6.09 Å². The van der Waals surface area contributed by atoms with Crippen molar-refractivity contribution in [3.8, 4) is 5.75 Å². The minimum Gasteiger partial charge on any atom is -0.507 e. The van der Waals surface area contributed by atoms with Crippen molar-refractivity contribution in [3.05, 3.63) is 29.3 Å². The van der Waals surface area contributed by atoms with Gasteiger partial charge in [-0.2, -0.15) is 0 Å². The third-order valence-electron chi connectivity index (χ3n) is 6.63. The van der Waals surface area contributed by atoms with E-state index in [1.165, 1.54) is 4.90 Å². The van der Waals surface area contributed by atoms with Crippen LogP contribution in [0.3, 0.4) is 0 Å². The van der Waals surface area contributed by atoms with Gasteiger partial charge in [0.2, 0.25) is 17.7 Å². The molecular formula is C31H52N4O6. The molecule has 0 fully saturated rings. The molecule has 0 saturated carbocycles. The number of carbonyl (C=O) groups is 4. The largest absolute Gasteiger partial charge is 0.507 e. The van der Waals surface area contributed by atoms with Crippen LogP contribution in [0.15, 0.2) is 18.2 Å². The Bertz CT molecular complexity index is 991. The first-order valence-corrected chi connectivity index (χ1v) is 15.0. The molecule has 0 bridgehead atoms. The minimum absolute atomic E-state index is 0.0893. The zero-order chi connectivity index (χ0) is 31.0. The molecular weight excluding hydrogens is 524 g/mol. The van der Waals surface area contributed by atoms with Crippen molar-refractivity contribution < 1.29 is 29.0 Å². The standard InChI is InChI=1S/C31H52N4O6/c1-7-9-11-12-13-15-20-35(29(39)24(21-25(32)36)34-30(40)41-31(4,5)6)26(28(38)33-19-14-10-8-2)23-18-16-17-22(3)27(23)37/h16-18,24,26,37H,7-15,19-21H2,1-6H3,(H2,32,36)(H,33,38)(H,34,40). The minimum atomic E-state index is -1.36.